The van der Waals surface area contributed by atoms with Crippen LogP contribution in [0.15, 0.2) is 0 Å². The first kappa shape index (κ1) is 12.8. The first-order valence-electron chi connectivity index (χ1n) is 4.64. The maximum atomic E-state index is 10.4. The molecule has 0 amide bonds. The normalized spacial score (nSPS) is 15.3. The third-order valence-electron chi connectivity index (χ3n) is 1.80. The van der Waals surface area contributed by atoms with Crippen molar-refractivity contribution in [2.45, 2.75) is 32.7 Å². The second-order valence-corrected chi connectivity index (χ2v) is 4.45. The van der Waals surface area contributed by atoms with Crippen LogP contribution in [-0.2, 0) is 4.79 Å². The standard InChI is InChI=1S/C9H19NO2S/c1-3-4-7(2)5-13-6-8(10)9(11)12/h7-8H,3-6,10H2,1-2H3,(H,11,12). The van der Waals surface area contributed by atoms with Crippen molar-refractivity contribution in [3.63, 3.8) is 0 Å². The van der Waals surface area contributed by atoms with Crippen molar-refractivity contribution in [3.8, 4) is 0 Å². The molecule has 0 heterocycles. The third-order valence-corrected chi connectivity index (χ3v) is 3.20. The predicted octanol–water partition coefficient (Wildman–Crippen LogP) is 1.57. The lowest BCUT2D eigenvalue weighted by molar-refractivity contribution is -0.137. The van der Waals surface area contributed by atoms with Gasteiger partial charge >= 0.3 is 5.97 Å². The van der Waals surface area contributed by atoms with Gasteiger partial charge in [0.2, 0.25) is 0 Å². The number of carbonyl (C=O) groups is 1. The maximum Gasteiger partial charge on any atom is 0.321 e. The second-order valence-electron chi connectivity index (χ2n) is 3.38. The van der Waals surface area contributed by atoms with Gasteiger partial charge in [0, 0.05) is 5.75 Å². The predicted molar refractivity (Wildman–Crippen MR) is 57.0 cm³/mol. The SMILES string of the molecule is CCCC(C)CSCC(N)C(=O)O. The Bertz CT molecular complexity index is 153. The third kappa shape index (κ3) is 6.90. The van der Waals surface area contributed by atoms with Gasteiger partial charge in [0.25, 0.3) is 0 Å². The molecule has 0 aliphatic carbocycles. The van der Waals surface area contributed by atoms with Gasteiger partial charge < -0.3 is 10.8 Å². The zero-order valence-electron chi connectivity index (χ0n) is 8.32. The summed E-state index contributed by atoms with van der Waals surface area (Å²) in [6.07, 6.45) is 2.39. The van der Waals surface area contributed by atoms with Crippen LogP contribution in [0.3, 0.4) is 0 Å². The molecule has 0 spiro atoms. The van der Waals surface area contributed by atoms with E-state index in [0.29, 0.717) is 11.7 Å². The first-order chi connectivity index (χ1) is 6.07. The minimum Gasteiger partial charge on any atom is -0.480 e. The summed E-state index contributed by atoms with van der Waals surface area (Å²) in [5.41, 5.74) is 5.36. The highest BCUT2D eigenvalue weighted by atomic mass is 32.2. The molecule has 13 heavy (non-hydrogen) atoms. The molecule has 78 valence electrons. The van der Waals surface area contributed by atoms with Crippen molar-refractivity contribution >= 4 is 17.7 Å². The second kappa shape index (κ2) is 7.21. The van der Waals surface area contributed by atoms with Gasteiger partial charge in [-0.3, -0.25) is 4.79 Å². The Morgan fingerprint density at radius 1 is 1.54 bits per heavy atom. The molecule has 4 heteroatoms. The Kier molecular flexibility index (Phi) is 7.09. The van der Waals surface area contributed by atoms with Crippen LogP contribution >= 0.6 is 11.8 Å². The van der Waals surface area contributed by atoms with E-state index >= 15 is 0 Å². The molecular weight excluding hydrogens is 186 g/mol. The first-order valence-corrected chi connectivity index (χ1v) is 5.79. The van der Waals surface area contributed by atoms with Crippen LogP contribution in [0.25, 0.3) is 0 Å². The largest absolute Gasteiger partial charge is 0.480 e. The quantitative estimate of drug-likeness (QED) is 0.662. The van der Waals surface area contributed by atoms with E-state index < -0.39 is 12.0 Å². The van der Waals surface area contributed by atoms with Gasteiger partial charge in [-0.05, 0) is 11.7 Å². The summed E-state index contributed by atoms with van der Waals surface area (Å²) in [7, 11) is 0. The molecule has 0 fully saturated rings. The van der Waals surface area contributed by atoms with E-state index in [1.165, 1.54) is 12.8 Å². The van der Waals surface area contributed by atoms with Gasteiger partial charge in [-0.1, -0.05) is 26.7 Å². The van der Waals surface area contributed by atoms with Crippen molar-refractivity contribution in [1.82, 2.24) is 0 Å². The number of hydrogen-bond donors (Lipinski definition) is 2. The lowest BCUT2D eigenvalue weighted by Crippen LogP contribution is -2.32. The van der Waals surface area contributed by atoms with Gasteiger partial charge in [-0.15, -0.1) is 0 Å². The number of carboxylic acids is 1. The van der Waals surface area contributed by atoms with Crippen LogP contribution in [0.5, 0.6) is 0 Å². The average molecular weight is 205 g/mol. The lowest BCUT2D eigenvalue weighted by Gasteiger charge is -2.10. The minimum atomic E-state index is -0.907. The fourth-order valence-electron chi connectivity index (χ4n) is 1.04. The highest BCUT2D eigenvalue weighted by Crippen LogP contribution is 2.13. The Labute approximate surface area is 84.1 Å². The van der Waals surface area contributed by atoms with Crippen molar-refractivity contribution in [2.24, 2.45) is 11.7 Å². The smallest absolute Gasteiger partial charge is 0.321 e. The van der Waals surface area contributed by atoms with Gasteiger partial charge in [0.15, 0.2) is 0 Å². The van der Waals surface area contributed by atoms with E-state index in [0.717, 1.165) is 5.75 Å². The fraction of sp³-hybridized carbons (Fsp3) is 0.889. The van der Waals surface area contributed by atoms with Gasteiger partial charge in [-0.2, -0.15) is 11.8 Å². The summed E-state index contributed by atoms with van der Waals surface area (Å²) < 4.78 is 0. The van der Waals surface area contributed by atoms with E-state index in [2.05, 4.69) is 13.8 Å². The highest BCUT2D eigenvalue weighted by molar-refractivity contribution is 7.99. The van der Waals surface area contributed by atoms with Crippen LogP contribution in [0.2, 0.25) is 0 Å². The lowest BCUT2D eigenvalue weighted by atomic mass is 10.1. The molecule has 0 saturated heterocycles. The summed E-state index contributed by atoms with van der Waals surface area (Å²) in [4.78, 5) is 10.4. The van der Waals surface area contributed by atoms with Gasteiger partial charge in [0.05, 0.1) is 0 Å². The maximum absolute atomic E-state index is 10.4. The van der Waals surface area contributed by atoms with Gasteiger partial charge in [-0.25, -0.2) is 0 Å². The van der Waals surface area contributed by atoms with E-state index in [4.69, 9.17) is 10.8 Å². The monoisotopic (exact) mass is 205 g/mol. The molecule has 2 unspecified atom stereocenters. The number of thioether (sulfide) groups is 1. The average Bonchev–Trinajstić information content (AvgIpc) is 2.04. The highest BCUT2D eigenvalue weighted by Gasteiger charge is 2.11. The molecule has 3 nitrogen and oxygen atoms in total. The Balaban J connectivity index is 3.39. The molecule has 0 saturated carbocycles. The molecule has 0 rings (SSSR count). The van der Waals surface area contributed by atoms with Crippen molar-refractivity contribution in [3.05, 3.63) is 0 Å². The molecule has 0 aromatic heterocycles. The summed E-state index contributed by atoms with van der Waals surface area (Å²) in [5, 5.41) is 8.51. The Hall–Kier alpha value is -0.220. The summed E-state index contributed by atoms with van der Waals surface area (Å²) >= 11 is 1.63. The molecule has 0 aliphatic heterocycles. The molecule has 0 radical (unpaired) electrons. The zero-order chi connectivity index (χ0) is 10.3. The molecule has 0 bridgehead atoms. The van der Waals surface area contributed by atoms with Crippen LogP contribution in [0, 0.1) is 5.92 Å². The van der Waals surface area contributed by atoms with E-state index in [1.54, 1.807) is 11.8 Å². The molecular formula is C9H19NO2S. The van der Waals surface area contributed by atoms with Crippen molar-refractivity contribution in [2.75, 3.05) is 11.5 Å². The van der Waals surface area contributed by atoms with Crippen LogP contribution in [0.1, 0.15) is 26.7 Å². The summed E-state index contributed by atoms with van der Waals surface area (Å²) in [6.45, 7) is 4.34. The topological polar surface area (TPSA) is 63.3 Å². The van der Waals surface area contributed by atoms with Crippen LogP contribution < -0.4 is 5.73 Å². The summed E-state index contributed by atoms with van der Waals surface area (Å²) in [6, 6.07) is -0.709. The van der Waals surface area contributed by atoms with Crippen molar-refractivity contribution in [1.29, 1.82) is 0 Å². The molecule has 3 N–H and O–H groups in total. The minimum absolute atomic E-state index is 0.517. The van der Waals surface area contributed by atoms with E-state index in [-0.39, 0.29) is 0 Å². The molecule has 2 atom stereocenters. The number of aliphatic carboxylic acids is 1. The van der Waals surface area contributed by atoms with Crippen LogP contribution in [0.4, 0.5) is 0 Å². The van der Waals surface area contributed by atoms with Gasteiger partial charge in [0.1, 0.15) is 6.04 Å². The molecule has 0 aromatic rings. The number of carboxylic acid groups (broad SMARTS) is 1. The summed E-state index contributed by atoms with van der Waals surface area (Å²) in [5.74, 6) is 1.28. The van der Waals surface area contributed by atoms with E-state index in [9.17, 15) is 4.79 Å². The van der Waals surface area contributed by atoms with Crippen molar-refractivity contribution < 1.29 is 9.90 Å². The number of rotatable bonds is 7. The van der Waals surface area contributed by atoms with E-state index in [1.807, 2.05) is 0 Å². The Morgan fingerprint density at radius 2 is 2.15 bits per heavy atom. The zero-order valence-corrected chi connectivity index (χ0v) is 9.14. The Morgan fingerprint density at radius 3 is 2.62 bits per heavy atom. The number of hydrogen-bond acceptors (Lipinski definition) is 3. The van der Waals surface area contributed by atoms with Crippen LogP contribution in [-0.4, -0.2) is 28.6 Å². The number of nitrogens with two attached hydrogens (primary N) is 1. The fourth-order valence-corrected chi connectivity index (χ4v) is 2.15. The molecule has 0 aliphatic rings. The molecule has 0 aromatic carbocycles.